The van der Waals surface area contributed by atoms with Gasteiger partial charge in [0.05, 0.1) is 34.9 Å². The van der Waals surface area contributed by atoms with E-state index >= 15 is 0 Å². The maximum absolute atomic E-state index is 13.9. The Balaban J connectivity index is 1.94. The first-order valence-corrected chi connectivity index (χ1v) is 12.9. The van der Waals surface area contributed by atoms with E-state index < -0.39 is 29.5 Å². The number of pyridine rings is 1. The monoisotopic (exact) mass is 534 g/mol. The molecule has 0 unspecified atom stereocenters. The van der Waals surface area contributed by atoms with Crippen LogP contribution in [0.1, 0.15) is 61.4 Å². The van der Waals surface area contributed by atoms with Gasteiger partial charge in [-0.15, -0.1) is 0 Å². The Kier molecular flexibility index (Phi) is 8.52. The van der Waals surface area contributed by atoms with E-state index in [2.05, 4.69) is 0 Å². The molecule has 0 radical (unpaired) electrons. The lowest BCUT2D eigenvalue weighted by atomic mass is 9.86. The number of nitro benzene ring substituents is 1. The molecule has 3 N–H and O–H groups in total. The van der Waals surface area contributed by atoms with Crippen LogP contribution in [0.5, 0.6) is 0 Å². The highest BCUT2D eigenvalue weighted by molar-refractivity contribution is 5.86. The van der Waals surface area contributed by atoms with Gasteiger partial charge in [-0.05, 0) is 59.6 Å². The summed E-state index contributed by atoms with van der Waals surface area (Å²) >= 11 is 0. The number of carbonyl (C=O) groups is 1. The van der Waals surface area contributed by atoms with Crippen LogP contribution >= 0.6 is 0 Å². The van der Waals surface area contributed by atoms with Crippen molar-refractivity contribution in [2.45, 2.75) is 64.1 Å². The summed E-state index contributed by atoms with van der Waals surface area (Å²) in [5.74, 6) is -1.62. The van der Waals surface area contributed by atoms with Gasteiger partial charge in [-0.2, -0.15) is 0 Å². The molecule has 0 aliphatic heterocycles. The van der Waals surface area contributed by atoms with Crippen molar-refractivity contribution in [1.29, 1.82) is 0 Å². The zero-order chi connectivity index (χ0) is 28.3. The molecule has 39 heavy (non-hydrogen) atoms. The third-order valence-electron chi connectivity index (χ3n) is 6.89. The zero-order valence-corrected chi connectivity index (χ0v) is 21.8. The van der Waals surface area contributed by atoms with E-state index in [9.17, 15) is 29.5 Å². The molecule has 0 amide bonds. The van der Waals surface area contributed by atoms with Crippen LogP contribution in [0.4, 0.5) is 10.1 Å². The second-order valence-corrected chi connectivity index (χ2v) is 10.1. The smallest absolute Gasteiger partial charge is 0.305 e. The SMILES string of the molecule is CC(C)c1nc2c(c(-c3ccc(F)cc3)c1C=C[C@@H](O)C[C@@H](O)CC(=O)O)CCCc1ccc([N+](=O)[O-])cc1-2. The van der Waals surface area contributed by atoms with Crippen molar-refractivity contribution < 1.29 is 29.4 Å². The van der Waals surface area contributed by atoms with Gasteiger partial charge in [0.25, 0.3) is 5.69 Å². The number of nitrogens with zero attached hydrogens (tertiary/aromatic N) is 2. The van der Waals surface area contributed by atoms with Crippen LogP contribution in [0, 0.1) is 15.9 Å². The Morgan fingerprint density at radius 3 is 2.51 bits per heavy atom. The molecule has 1 aliphatic rings. The Morgan fingerprint density at radius 2 is 1.87 bits per heavy atom. The number of aryl methyl sites for hydroxylation is 1. The van der Waals surface area contributed by atoms with E-state index in [4.69, 9.17) is 10.1 Å². The number of aliphatic hydroxyl groups is 2. The Bertz CT molecular complexity index is 1420. The molecule has 204 valence electrons. The van der Waals surface area contributed by atoms with Gasteiger partial charge in [0.2, 0.25) is 0 Å². The van der Waals surface area contributed by atoms with E-state index in [1.54, 1.807) is 30.3 Å². The first kappa shape index (κ1) is 28.1. The minimum Gasteiger partial charge on any atom is -0.481 e. The van der Waals surface area contributed by atoms with E-state index in [0.717, 1.165) is 40.7 Å². The molecule has 1 aromatic heterocycles. The summed E-state index contributed by atoms with van der Waals surface area (Å²) in [6.45, 7) is 3.94. The quantitative estimate of drug-likeness (QED) is 0.238. The number of hydrogen-bond donors (Lipinski definition) is 3. The van der Waals surface area contributed by atoms with Gasteiger partial charge in [-0.1, -0.05) is 44.2 Å². The lowest BCUT2D eigenvalue weighted by Gasteiger charge is -2.22. The van der Waals surface area contributed by atoms with Crippen molar-refractivity contribution in [3.8, 4) is 22.4 Å². The Morgan fingerprint density at radius 1 is 1.15 bits per heavy atom. The molecule has 9 heteroatoms. The predicted octanol–water partition coefficient (Wildman–Crippen LogP) is 5.67. The number of benzene rings is 2. The lowest BCUT2D eigenvalue weighted by molar-refractivity contribution is -0.384. The molecule has 1 heterocycles. The average Bonchev–Trinajstić information content (AvgIpc) is 3.05. The number of carboxylic acid groups (broad SMARTS) is 1. The Labute approximate surface area is 225 Å². The van der Waals surface area contributed by atoms with Crippen LogP contribution in [-0.4, -0.2) is 43.4 Å². The standard InChI is InChI=1S/C30H31FN2O6/c1-17(2)29-25(13-12-22(34)15-23(35)16-27(36)37)28(19-6-9-20(31)10-7-19)24-5-3-4-18-8-11-21(33(38)39)14-26(18)30(24)32-29/h6-14,17,22-23,34-35H,3-5,15-16H2,1-2H3,(H,36,37)/t22-,23-/m1/s1. The average molecular weight is 535 g/mol. The number of non-ortho nitro benzene ring substituents is 1. The summed E-state index contributed by atoms with van der Waals surface area (Å²) in [6.07, 6.45) is 2.41. The van der Waals surface area contributed by atoms with Gasteiger partial charge < -0.3 is 15.3 Å². The van der Waals surface area contributed by atoms with E-state index in [-0.39, 0.29) is 23.8 Å². The number of aromatic nitrogens is 1. The van der Waals surface area contributed by atoms with Crippen LogP contribution in [0.3, 0.4) is 0 Å². The van der Waals surface area contributed by atoms with E-state index in [1.807, 2.05) is 13.8 Å². The highest BCUT2D eigenvalue weighted by atomic mass is 19.1. The van der Waals surface area contributed by atoms with Gasteiger partial charge in [0.1, 0.15) is 5.82 Å². The summed E-state index contributed by atoms with van der Waals surface area (Å²) in [5, 5.41) is 41.0. The summed E-state index contributed by atoms with van der Waals surface area (Å²) < 4.78 is 13.9. The fourth-order valence-electron chi connectivity index (χ4n) is 5.10. The van der Waals surface area contributed by atoms with Crippen LogP contribution in [0.15, 0.2) is 48.5 Å². The number of aliphatic carboxylic acids is 1. The largest absolute Gasteiger partial charge is 0.481 e. The first-order valence-electron chi connectivity index (χ1n) is 12.9. The fraction of sp³-hybridized carbons (Fsp3) is 0.333. The van der Waals surface area contributed by atoms with Crippen LogP contribution < -0.4 is 0 Å². The van der Waals surface area contributed by atoms with Crippen molar-refractivity contribution in [1.82, 2.24) is 4.98 Å². The first-order chi connectivity index (χ1) is 18.5. The third-order valence-corrected chi connectivity index (χ3v) is 6.89. The minimum absolute atomic E-state index is 0.0233. The van der Waals surface area contributed by atoms with Crippen molar-refractivity contribution in [2.24, 2.45) is 0 Å². The maximum Gasteiger partial charge on any atom is 0.305 e. The molecule has 0 spiro atoms. The highest BCUT2D eigenvalue weighted by Gasteiger charge is 2.26. The Hall–Kier alpha value is -3.95. The van der Waals surface area contributed by atoms with Crippen LogP contribution in [0.25, 0.3) is 28.5 Å². The minimum atomic E-state index is -1.21. The molecular formula is C30H31FN2O6. The third kappa shape index (κ3) is 6.38. The molecule has 1 aliphatic carbocycles. The summed E-state index contributed by atoms with van der Waals surface area (Å²) in [5.41, 5.74) is 6.15. The predicted molar refractivity (Wildman–Crippen MR) is 146 cm³/mol. The second-order valence-electron chi connectivity index (χ2n) is 10.1. The lowest BCUT2D eigenvalue weighted by Crippen LogP contribution is -2.19. The number of halogens is 1. The molecule has 0 fully saturated rings. The maximum atomic E-state index is 13.9. The molecular weight excluding hydrogens is 503 g/mol. The molecule has 0 saturated heterocycles. The van der Waals surface area contributed by atoms with Gasteiger partial charge in [0, 0.05) is 29.7 Å². The van der Waals surface area contributed by atoms with Crippen LogP contribution in [0.2, 0.25) is 0 Å². The second kappa shape index (κ2) is 11.8. The number of hydrogen-bond acceptors (Lipinski definition) is 6. The zero-order valence-electron chi connectivity index (χ0n) is 21.8. The van der Waals surface area contributed by atoms with Gasteiger partial charge in [-0.25, -0.2) is 4.39 Å². The molecule has 0 bridgehead atoms. The summed E-state index contributed by atoms with van der Waals surface area (Å²) in [7, 11) is 0. The number of fused-ring (bicyclic) bond motifs is 3. The van der Waals surface area contributed by atoms with Crippen molar-refractivity contribution >= 4 is 17.7 Å². The normalized spacial score (nSPS) is 14.5. The molecule has 2 atom stereocenters. The molecule has 3 aromatic rings. The number of carboxylic acids is 1. The summed E-state index contributed by atoms with van der Waals surface area (Å²) in [4.78, 5) is 27.1. The van der Waals surface area contributed by atoms with Crippen molar-refractivity contribution in [3.63, 3.8) is 0 Å². The van der Waals surface area contributed by atoms with Gasteiger partial charge in [-0.3, -0.25) is 19.9 Å². The topological polar surface area (TPSA) is 134 Å². The summed E-state index contributed by atoms with van der Waals surface area (Å²) in [6, 6.07) is 11.0. The van der Waals surface area contributed by atoms with Gasteiger partial charge >= 0.3 is 5.97 Å². The number of aliphatic hydroxyl groups excluding tert-OH is 2. The molecule has 0 saturated carbocycles. The molecule has 4 rings (SSSR count). The van der Waals surface area contributed by atoms with Gasteiger partial charge in [0.15, 0.2) is 0 Å². The number of rotatable bonds is 9. The van der Waals surface area contributed by atoms with E-state index in [1.165, 1.54) is 24.3 Å². The van der Waals surface area contributed by atoms with Crippen LogP contribution in [-0.2, 0) is 17.6 Å². The van der Waals surface area contributed by atoms with Crippen molar-refractivity contribution in [2.75, 3.05) is 0 Å². The van der Waals surface area contributed by atoms with E-state index in [0.29, 0.717) is 23.4 Å². The molecule has 2 aromatic carbocycles. The highest BCUT2D eigenvalue weighted by Crippen LogP contribution is 2.42. The fourth-order valence-corrected chi connectivity index (χ4v) is 5.10. The number of nitro groups is 1. The molecule has 8 nitrogen and oxygen atoms in total. The van der Waals surface area contributed by atoms with Crippen molar-refractivity contribution in [3.05, 3.63) is 86.9 Å².